The summed E-state index contributed by atoms with van der Waals surface area (Å²) in [4.78, 5) is 27.6. The summed E-state index contributed by atoms with van der Waals surface area (Å²) in [6.07, 6.45) is 0. The molecule has 0 fully saturated rings. The number of aromatic nitrogens is 1. The number of thioether (sulfide) groups is 1. The van der Waals surface area contributed by atoms with Gasteiger partial charge in [-0.2, -0.15) is 0 Å². The number of ether oxygens (including phenoxy) is 1. The maximum atomic E-state index is 13.6. The number of fused-ring (bicyclic) bond motifs is 1. The van der Waals surface area contributed by atoms with Gasteiger partial charge in [0.15, 0.2) is 0 Å². The van der Waals surface area contributed by atoms with Crippen molar-refractivity contribution in [3.8, 4) is 11.4 Å². The average molecular weight is 489 g/mol. The molecule has 0 unspecified atom stereocenters. The predicted molar refractivity (Wildman–Crippen MR) is 139 cm³/mol. The lowest BCUT2D eigenvalue weighted by molar-refractivity contribution is -0.119. The molecule has 0 spiro atoms. The third-order valence-corrected chi connectivity index (χ3v) is 8.38. The van der Waals surface area contributed by atoms with Gasteiger partial charge < -0.3 is 10.1 Å². The molecule has 34 heavy (non-hydrogen) atoms. The molecule has 1 aliphatic rings. The molecule has 1 aliphatic heterocycles. The number of thiazole rings is 1. The number of carbonyl (C=O) groups is 1. The molecular weight excluding hydrogens is 464 g/mol. The van der Waals surface area contributed by atoms with Crippen molar-refractivity contribution in [1.29, 1.82) is 0 Å². The monoisotopic (exact) mass is 488 g/mol. The maximum absolute atomic E-state index is 13.6. The van der Waals surface area contributed by atoms with E-state index in [0.29, 0.717) is 11.5 Å². The van der Waals surface area contributed by atoms with Crippen molar-refractivity contribution in [2.45, 2.75) is 17.9 Å². The van der Waals surface area contributed by atoms with Crippen LogP contribution in [0.3, 0.4) is 0 Å². The van der Waals surface area contributed by atoms with E-state index in [1.807, 2.05) is 85.8 Å². The number of hydrogen-bond acceptors (Lipinski definition) is 5. The first-order valence-corrected chi connectivity index (χ1v) is 12.8. The van der Waals surface area contributed by atoms with Crippen LogP contribution in [0.1, 0.15) is 21.9 Å². The molecule has 0 saturated heterocycles. The molecule has 172 valence electrons. The van der Waals surface area contributed by atoms with E-state index in [4.69, 9.17) is 4.74 Å². The second kappa shape index (κ2) is 9.52. The highest BCUT2D eigenvalue weighted by molar-refractivity contribution is 7.99. The van der Waals surface area contributed by atoms with Crippen LogP contribution in [0.15, 0.2) is 88.7 Å². The summed E-state index contributed by atoms with van der Waals surface area (Å²) in [6.45, 7) is 2.02. The number of methoxy groups -OCH3 is 1. The summed E-state index contributed by atoms with van der Waals surface area (Å²) < 4.78 is 7.44. The SMILES string of the molecule is COc1ccccc1[C@H]1c2sc(=O)n(-c3ccccc3)c2SC[C@@H]1C(=O)Nc1ccc(C)cc1. The lowest BCUT2D eigenvalue weighted by Gasteiger charge is -2.31. The Morgan fingerprint density at radius 1 is 1.00 bits per heavy atom. The Balaban J connectivity index is 1.61. The first-order chi connectivity index (χ1) is 16.6. The molecule has 2 heterocycles. The van der Waals surface area contributed by atoms with Gasteiger partial charge in [-0.15, -0.1) is 11.8 Å². The highest BCUT2D eigenvalue weighted by atomic mass is 32.2. The van der Waals surface area contributed by atoms with Gasteiger partial charge in [0.1, 0.15) is 5.75 Å². The quantitative estimate of drug-likeness (QED) is 0.391. The average Bonchev–Trinajstić information content (AvgIpc) is 3.21. The molecule has 5 nitrogen and oxygen atoms in total. The number of nitrogens with one attached hydrogen (secondary N) is 1. The first kappa shape index (κ1) is 22.5. The molecule has 4 aromatic rings. The number of anilines is 1. The number of aryl methyl sites for hydroxylation is 1. The number of para-hydroxylation sites is 2. The standard InChI is InChI=1S/C27H24N2O3S2/c1-17-12-14-18(15-13-17)28-25(30)21-16-33-26-24(23(21)20-10-6-7-11-22(20)32-2)34-27(31)29(26)19-8-4-3-5-9-19/h3-15,21,23H,16H2,1-2H3,(H,28,30)/t21-,23+/m0/s1. The minimum Gasteiger partial charge on any atom is -0.496 e. The fourth-order valence-electron chi connectivity index (χ4n) is 4.34. The van der Waals surface area contributed by atoms with Crippen LogP contribution >= 0.6 is 23.1 Å². The third-order valence-electron chi connectivity index (χ3n) is 6.02. The van der Waals surface area contributed by atoms with Crippen LogP contribution in [0.2, 0.25) is 0 Å². The summed E-state index contributed by atoms with van der Waals surface area (Å²) in [5.74, 6) is 0.546. The highest BCUT2D eigenvalue weighted by Gasteiger charge is 2.40. The second-order valence-electron chi connectivity index (χ2n) is 8.20. The number of benzene rings is 3. The Morgan fingerprint density at radius 2 is 1.71 bits per heavy atom. The van der Waals surface area contributed by atoms with Crippen LogP contribution in [-0.4, -0.2) is 23.3 Å². The summed E-state index contributed by atoms with van der Waals surface area (Å²) in [7, 11) is 1.64. The Labute approximate surface area is 206 Å². The molecule has 1 amide bonds. The molecule has 0 aliphatic carbocycles. The smallest absolute Gasteiger partial charge is 0.312 e. The lowest BCUT2D eigenvalue weighted by atomic mass is 9.84. The number of carbonyl (C=O) groups excluding carboxylic acids is 1. The zero-order chi connectivity index (χ0) is 23.7. The van der Waals surface area contributed by atoms with E-state index in [-0.39, 0.29) is 22.6 Å². The van der Waals surface area contributed by atoms with Gasteiger partial charge in [0.2, 0.25) is 5.91 Å². The number of hydrogen-bond donors (Lipinski definition) is 1. The second-order valence-corrected chi connectivity index (χ2v) is 10.2. The molecule has 0 radical (unpaired) electrons. The summed E-state index contributed by atoms with van der Waals surface area (Å²) in [5.41, 5.74) is 3.64. The number of nitrogens with zero attached hydrogens (tertiary/aromatic N) is 1. The third kappa shape index (κ3) is 4.17. The van der Waals surface area contributed by atoms with Crippen molar-refractivity contribution in [3.63, 3.8) is 0 Å². The van der Waals surface area contributed by atoms with Crippen molar-refractivity contribution in [1.82, 2.24) is 4.57 Å². The van der Waals surface area contributed by atoms with E-state index in [1.54, 1.807) is 23.4 Å². The molecule has 2 atom stereocenters. The predicted octanol–water partition coefficient (Wildman–Crippen LogP) is 5.71. The van der Waals surface area contributed by atoms with Gasteiger partial charge in [0.25, 0.3) is 0 Å². The Morgan fingerprint density at radius 3 is 2.44 bits per heavy atom. The fraction of sp³-hybridized carbons (Fsp3) is 0.185. The van der Waals surface area contributed by atoms with Crippen molar-refractivity contribution >= 4 is 34.7 Å². The van der Waals surface area contributed by atoms with E-state index < -0.39 is 0 Å². The minimum atomic E-state index is -0.364. The molecule has 5 rings (SSSR count). The Hall–Kier alpha value is -3.29. The van der Waals surface area contributed by atoms with Gasteiger partial charge in [-0.25, -0.2) is 0 Å². The van der Waals surface area contributed by atoms with Gasteiger partial charge in [0.05, 0.1) is 23.7 Å². The molecule has 1 aromatic heterocycles. The van der Waals surface area contributed by atoms with Gasteiger partial charge in [-0.3, -0.25) is 14.2 Å². The summed E-state index contributed by atoms with van der Waals surface area (Å²) in [6, 6.07) is 25.2. The molecule has 0 bridgehead atoms. The van der Waals surface area contributed by atoms with Crippen molar-refractivity contribution < 1.29 is 9.53 Å². The van der Waals surface area contributed by atoms with Crippen LogP contribution in [0.25, 0.3) is 5.69 Å². The van der Waals surface area contributed by atoms with Crippen LogP contribution in [0.5, 0.6) is 5.75 Å². The van der Waals surface area contributed by atoms with Crippen molar-refractivity contribution in [2.75, 3.05) is 18.2 Å². The molecule has 0 saturated carbocycles. The van der Waals surface area contributed by atoms with E-state index >= 15 is 0 Å². The Kier molecular flexibility index (Phi) is 6.30. The Bertz CT molecular complexity index is 1380. The normalized spacial score (nSPS) is 17.1. The van der Waals surface area contributed by atoms with Crippen molar-refractivity contribution in [2.24, 2.45) is 5.92 Å². The molecule has 1 N–H and O–H groups in total. The highest BCUT2D eigenvalue weighted by Crippen LogP contribution is 2.49. The van der Waals surface area contributed by atoms with E-state index in [1.165, 1.54) is 11.3 Å². The van der Waals surface area contributed by atoms with Gasteiger partial charge in [-0.1, -0.05) is 65.4 Å². The zero-order valence-electron chi connectivity index (χ0n) is 18.9. The number of rotatable bonds is 5. The van der Waals surface area contributed by atoms with E-state index in [9.17, 15) is 9.59 Å². The van der Waals surface area contributed by atoms with Gasteiger partial charge in [0, 0.05) is 27.8 Å². The molecule has 3 aromatic carbocycles. The summed E-state index contributed by atoms with van der Waals surface area (Å²) >= 11 is 2.78. The van der Waals surface area contributed by atoms with Gasteiger partial charge >= 0.3 is 4.87 Å². The topological polar surface area (TPSA) is 60.3 Å². The molecule has 7 heteroatoms. The number of amides is 1. The maximum Gasteiger partial charge on any atom is 0.312 e. The van der Waals surface area contributed by atoms with Crippen LogP contribution in [0, 0.1) is 12.8 Å². The van der Waals surface area contributed by atoms with Crippen molar-refractivity contribution in [3.05, 3.63) is 105 Å². The van der Waals surface area contributed by atoms with Crippen LogP contribution < -0.4 is 14.9 Å². The summed E-state index contributed by atoms with van der Waals surface area (Å²) in [5, 5.41) is 3.99. The van der Waals surface area contributed by atoms with Gasteiger partial charge in [-0.05, 0) is 37.3 Å². The fourth-order valence-corrected chi connectivity index (χ4v) is 7.04. The first-order valence-electron chi connectivity index (χ1n) is 11.0. The van der Waals surface area contributed by atoms with E-state index in [0.717, 1.165) is 32.4 Å². The van der Waals surface area contributed by atoms with Crippen LogP contribution in [0.4, 0.5) is 5.69 Å². The van der Waals surface area contributed by atoms with E-state index in [2.05, 4.69) is 5.32 Å². The zero-order valence-corrected chi connectivity index (χ0v) is 20.5. The largest absolute Gasteiger partial charge is 0.496 e. The van der Waals surface area contributed by atoms with Crippen LogP contribution in [-0.2, 0) is 4.79 Å². The minimum absolute atomic E-state index is 0.0526. The lowest BCUT2D eigenvalue weighted by Crippen LogP contribution is -2.33. The molecular formula is C27H24N2O3S2.